The molecule has 20 heavy (non-hydrogen) atoms. The molecule has 110 valence electrons. The van der Waals surface area contributed by atoms with Crippen LogP contribution in [0.5, 0.6) is 0 Å². The smallest absolute Gasteiger partial charge is 0.317 e. The number of carbonyl (C=O) groups excluding carboxylic acids is 1. The second kappa shape index (κ2) is 7.24. The van der Waals surface area contributed by atoms with Crippen LogP contribution in [0.1, 0.15) is 43.1 Å². The highest BCUT2D eigenvalue weighted by atomic mass is 16.5. The van der Waals surface area contributed by atoms with Crippen molar-refractivity contribution in [3.05, 3.63) is 35.3 Å². The lowest BCUT2D eigenvalue weighted by molar-refractivity contribution is -0.607. The second-order valence-corrected chi connectivity index (χ2v) is 5.34. The van der Waals surface area contributed by atoms with E-state index in [1.165, 1.54) is 31.5 Å². The number of amides is 1. The maximum atomic E-state index is 11.8. The van der Waals surface area contributed by atoms with Gasteiger partial charge in [-0.2, -0.15) is 4.73 Å². The minimum Gasteiger partial charge on any atom is -0.618 e. The van der Waals surface area contributed by atoms with Crippen molar-refractivity contribution in [2.45, 2.75) is 38.7 Å². The third-order valence-corrected chi connectivity index (χ3v) is 3.81. The maximum Gasteiger partial charge on any atom is 0.317 e. The predicted octanol–water partition coefficient (Wildman–Crippen LogP) is 1.65. The summed E-state index contributed by atoms with van der Waals surface area (Å²) in [6, 6.07) is 4.77. The van der Waals surface area contributed by atoms with Crippen molar-refractivity contribution in [1.82, 2.24) is 5.32 Å². The van der Waals surface area contributed by atoms with Gasteiger partial charge in [0, 0.05) is 18.7 Å². The molecule has 1 N–H and O–H groups in total. The van der Waals surface area contributed by atoms with Gasteiger partial charge in [0.05, 0.1) is 12.7 Å². The van der Waals surface area contributed by atoms with Gasteiger partial charge in [-0.15, -0.1) is 0 Å². The summed E-state index contributed by atoms with van der Waals surface area (Å²) in [5, 5.41) is 14.1. The zero-order chi connectivity index (χ0) is 14.4. The first-order valence-electron chi connectivity index (χ1n) is 7.26. The van der Waals surface area contributed by atoms with Crippen molar-refractivity contribution in [3.8, 4) is 0 Å². The van der Waals surface area contributed by atoms with E-state index in [1.54, 1.807) is 12.1 Å². The first-order chi connectivity index (χ1) is 9.68. The van der Waals surface area contributed by atoms with Gasteiger partial charge < -0.3 is 15.3 Å². The lowest BCUT2D eigenvalue weighted by Gasteiger charge is -2.28. The topological polar surface area (TPSA) is 65.3 Å². The second-order valence-electron chi connectivity index (χ2n) is 5.34. The Morgan fingerprint density at radius 3 is 3.00 bits per heavy atom. The molecule has 1 aliphatic rings. The largest absolute Gasteiger partial charge is 0.618 e. The zero-order valence-corrected chi connectivity index (χ0v) is 11.9. The average molecular weight is 278 g/mol. The van der Waals surface area contributed by atoms with Crippen LogP contribution in [0.25, 0.3) is 0 Å². The van der Waals surface area contributed by atoms with Gasteiger partial charge in [-0.3, -0.25) is 4.79 Å². The Balaban J connectivity index is 1.71. The van der Waals surface area contributed by atoms with E-state index in [-0.39, 0.29) is 11.6 Å². The number of ether oxygens (including phenoxy) is 1. The highest BCUT2D eigenvalue weighted by Crippen LogP contribution is 2.25. The van der Waals surface area contributed by atoms with Crippen molar-refractivity contribution in [1.29, 1.82) is 0 Å². The van der Waals surface area contributed by atoms with Crippen LogP contribution in [0.4, 0.5) is 0 Å². The Morgan fingerprint density at radius 1 is 1.45 bits per heavy atom. The molecule has 1 amide bonds. The predicted molar refractivity (Wildman–Crippen MR) is 75.1 cm³/mol. The fourth-order valence-electron chi connectivity index (χ4n) is 2.60. The van der Waals surface area contributed by atoms with Gasteiger partial charge in [-0.05, 0) is 24.8 Å². The van der Waals surface area contributed by atoms with E-state index in [9.17, 15) is 10.0 Å². The van der Waals surface area contributed by atoms with Crippen molar-refractivity contribution in [3.63, 3.8) is 0 Å². The molecule has 1 fully saturated rings. The molecule has 1 aliphatic carbocycles. The van der Waals surface area contributed by atoms with Gasteiger partial charge in [0.25, 0.3) is 5.69 Å². The molecular weight excluding hydrogens is 256 g/mol. The summed E-state index contributed by atoms with van der Waals surface area (Å²) in [5.74, 6) is 0.235. The SMILES string of the molecule is CC1CCCCC1OCCNC(=O)c1cccc[n+]1[O-]. The van der Waals surface area contributed by atoms with Crippen LogP contribution < -0.4 is 10.0 Å². The summed E-state index contributed by atoms with van der Waals surface area (Å²) in [4.78, 5) is 11.8. The van der Waals surface area contributed by atoms with Crippen molar-refractivity contribution >= 4 is 5.91 Å². The molecule has 5 heteroatoms. The molecule has 2 atom stereocenters. The lowest BCUT2D eigenvalue weighted by Crippen LogP contribution is -2.40. The van der Waals surface area contributed by atoms with E-state index in [0.717, 1.165) is 6.42 Å². The Labute approximate surface area is 119 Å². The van der Waals surface area contributed by atoms with E-state index in [1.807, 2.05) is 0 Å². The van der Waals surface area contributed by atoms with Crippen LogP contribution in [0.2, 0.25) is 0 Å². The van der Waals surface area contributed by atoms with E-state index in [0.29, 0.717) is 29.9 Å². The minimum absolute atomic E-state index is 0.110. The molecule has 1 saturated carbocycles. The number of nitrogens with zero attached hydrogens (tertiary/aromatic N) is 1. The zero-order valence-electron chi connectivity index (χ0n) is 11.9. The molecular formula is C15H22N2O3. The molecule has 0 aliphatic heterocycles. The molecule has 5 nitrogen and oxygen atoms in total. The molecule has 0 radical (unpaired) electrons. The summed E-state index contributed by atoms with van der Waals surface area (Å²) in [6.07, 6.45) is 6.46. The first-order valence-corrected chi connectivity index (χ1v) is 7.26. The van der Waals surface area contributed by atoms with Crippen LogP contribution in [0, 0.1) is 11.1 Å². The number of rotatable bonds is 5. The Bertz CT molecular complexity index is 450. The number of pyridine rings is 1. The molecule has 1 heterocycles. The van der Waals surface area contributed by atoms with Gasteiger partial charge >= 0.3 is 5.91 Å². The summed E-state index contributed by atoms with van der Waals surface area (Å²) >= 11 is 0. The third-order valence-electron chi connectivity index (χ3n) is 3.81. The number of hydrogen-bond acceptors (Lipinski definition) is 3. The molecule has 0 bridgehead atoms. The van der Waals surface area contributed by atoms with Gasteiger partial charge in [0.15, 0.2) is 6.20 Å². The lowest BCUT2D eigenvalue weighted by atomic mass is 9.88. The number of carbonyl (C=O) groups is 1. The molecule has 0 aromatic carbocycles. The van der Waals surface area contributed by atoms with Crippen molar-refractivity contribution in [2.24, 2.45) is 5.92 Å². The van der Waals surface area contributed by atoms with Crippen LogP contribution in [0.3, 0.4) is 0 Å². The normalized spacial score (nSPS) is 22.4. The average Bonchev–Trinajstić information content (AvgIpc) is 2.45. The first kappa shape index (κ1) is 14.8. The third kappa shape index (κ3) is 3.93. The number of aromatic nitrogens is 1. The Hall–Kier alpha value is -1.62. The number of nitrogens with one attached hydrogen (secondary N) is 1. The van der Waals surface area contributed by atoms with Gasteiger partial charge in [-0.25, -0.2) is 0 Å². The van der Waals surface area contributed by atoms with Crippen LogP contribution >= 0.6 is 0 Å². The molecule has 0 saturated heterocycles. The van der Waals surface area contributed by atoms with Crippen LogP contribution in [-0.4, -0.2) is 25.2 Å². The fourth-order valence-corrected chi connectivity index (χ4v) is 2.60. The van der Waals surface area contributed by atoms with Gasteiger partial charge in [0.2, 0.25) is 0 Å². The highest BCUT2D eigenvalue weighted by Gasteiger charge is 2.21. The van der Waals surface area contributed by atoms with Crippen molar-refractivity contribution in [2.75, 3.05) is 13.2 Å². The van der Waals surface area contributed by atoms with Gasteiger partial charge in [-0.1, -0.05) is 19.8 Å². The Morgan fingerprint density at radius 2 is 2.25 bits per heavy atom. The highest BCUT2D eigenvalue weighted by molar-refractivity contribution is 5.90. The quantitative estimate of drug-likeness (QED) is 0.506. The summed E-state index contributed by atoms with van der Waals surface area (Å²) in [6.45, 7) is 3.14. The standard InChI is InChI=1S/C15H22N2O3/c1-12-6-2-3-8-14(12)20-11-9-16-15(18)13-7-4-5-10-17(13)19/h4-5,7,10,12,14H,2-3,6,8-9,11H2,1H3,(H,16,18). The molecule has 2 unspecified atom stereocenters. The van der Waals surface area contributed by atoms with E-state index >= 15 is 0 Å². The van der Waals surface area contributed by atoms with Crippen molar-refractivity contribution < 1.29 is 14.3 Å². The van der Waals surface area contributed by atoms with E-state index in [4.69, 9.17) is 4.74 Å². The molecule has 1 aromatic heterocycles. The Kier molecular flexibility index (Phi) is 5.35. The minimum atomic E-state index is -0.360. The van der Waals surface area contributed by atoms with Crippen LogP contribution in [0.15, 0.2) is 24.4 Å². The van der Waals surface area contributed by atoms with E-state index < -0.39 is 0 Å². The summed E-state index contributed by atoms with van der Waals surface area (Å²) < 4.78 is 6.38. The number of hydrogen-bond donors (Lipinski definition) is 1. The van der Waals surface area contributed by atoms with E-state index in [2.05, 4.69) is 12.2 Å². The van der Waals surface area contributed by atoms with Gasteiger partial charge in [0.1, 0.15) is 0 Å². The fraction of sp³-hybridized carbons (Fsp3) is 0.600. The van der Waals surface area contributed by atoms with Crippen LogP contribution in [-0.2, 0) is 4.74 Å². The monoisotopic (exact) mass is 278 g/mol. The molecule has 2 rings (SSSR count). The summed E-state index contributed by atoms with van der Waals surface area (Å²) in [7, 11) is 0. The maximum absolute atomic E-state index is 11.8. The molecule has 1 aromatic rings. The summed E-state index contributed by atoms with van der Waals surface area (Å²) in [5.41, 5.74) is 0.110. The molecule has 0 spiro atoms.